The number of H-pyrrole nitrogens is 1. The van der Waals surface area contributed by atoms with Crippen LogP contribution in [-0.2, 0) is 9.59 Å². The van der Waals surface area contributed by atoms with Crippen LogP contribution in [0.1, 0.15) is 0 Å². The fraction of sp³-hybridized carbons (Fsp3) is 0.333. The number of rotatable bonds is 7. The van der Waals surface area contributed by atoms with Gasteiger partial charge in [-0.3, -0.25) is 19.3 Å². The number of imidazole rings is 1. The maximum absolute atomic E-state index is 11.9. The lowest BCUT2D eigenvalue weighted by Crippen LogP contribution is -2.38. The monoisotopic (exact) mass is 380 g/mol. The zero-order chi connectivity index (χ0) is 17.8. The van der Waals surface area contributed by atoms with E-state index in [4.69, 9.17) is 4.74 Å². The molecule has 2 N–H and O–H groups in total. The Balaban J connectivity index is 1.46. The Morgan fingerprint density at radius 1 is 1.48 bits per heavy atom. The summed E-state index contributed by atoms with van der Waals surface area (Å²) in [7, 11) is 1.60. The van der Waals surface area contributed by atoms with Crippen LogP contribution in [0.3, 0.4) is 0 Å². The van der Waals surface area contributed by atoms with E-state index < -0.39 is 0 Å². The fourth-order valence-corrected chi connectivity index (χ4v) is 3.72. The Bertz CT molecular complexity index is 807. The fourth-order valence-electron chi connectivity index (χ4n) is 2.25. The molecule has 1 fully saturated rings. The van der Waals surface area contributed by atoms with Gasteiger partial charge < -0.3 is 15.0 Å². The Labute approximate surface area is 152 Å². The van der Waals surface area contributed by atoms with Crippen molar-refractivity contribution in [3.63, 3.8) is 0 Å². The van der Waals surface area contributed by atoms with Crippen LogP contribution >= 0.6 is 23.5 Å². The number of nitrogens with zero attached hydrogens (tertiary/aromatic N) is 2. The molecule has 0 unspecified atom stereocenters. The topological polar surface area (TPSA) is 104 Å². The third kappa shape index (κ3) is 4.26. The minimum atomic E-state index is -0.258. The summed E-state index contributed by atoms with van der Waals surface area (Å²) in [4.78, 5) is 43.4. The first kappa shape index (κ1) is 17.6. The van der Waals surface area contributed by atoms with E-state index in [-0.39, 0.29) is 41.6 Å². The average Bonchev–Trinajstić information content (AvgIpc) is 3.16. The highest BCUT2D eigenvalue weighted by molar-refractivity contribution is 8.14. The summed E-state index contributed by atoms with van der Waals surface area (Å²) in [6.07, 6.45) is 0. The van der Waals surface area contributed by atoms with Crippen LogP contribution < -0.4 is 10.1 Å². The summed E-state index contributed by atoms with van der Waals surface area (Å²) in [5, 5.41) is 3.08. The molecule has 0 atom stereocenters. The van der Waals surface area contributed by atoms with Crippen molar-refractivity contribution in [2.24, 2.45) is 0 Å². The minimum absolute atomic E-state index is 0.180. The third-order valence-corrected chi connectivity index (χ3v) is 5.24. The molecular formula is C15H16N4O4S2. The summed E-state index contributed by atoms with van der Waals surface area (Å²) >= 11 is 2.26. The highest BCUT2D eigenvalue weighted by Gasteiger charge is 2.29. The molecule has 2 heterocycles. The van der Waals surface area contributed by atoms with E-state index in [2.05, 4.69) is 15.3 Å². The third-order valence-electron chi connectivity index (χ3n) is 3.51. The Hall–Kier alpha value is -2.20. The molecule has 0 saturated carbocycles. The van der Waals surface area contributed by atoms with Gasteiger partial charge in [-0.2, -0.15) is 0 Å². The molecular weight excluding hydrogens is 364 g/mol. The van der Waals surface area contributed by atoms with Crippen LogP contribution in [0, 0.1) is 0 Å². The van der Waals surface area contributed by atoms with Crippen molar-refractivity contribution in [3.8, 4) is 5.75 Å². The molecule has 25 heavy (non-hydrogen) atoms. The molecule has 0 radical (unpaired) electrons. The first-order valence-corrected chi connectivity index (χ1v) is 9.44. The number of hydrogen-bond acceptors (Lipinski definition) is 7. The summed E-state index contributed by atoms with van der Waals surface area (Å²) in [6, 6.07) is 5.51. The van der Waals surface area contributed by atoms with E-state index in [1.54, 1.807) is 7.11 Å². The van der Waals surface area contributed by atoms with Crippen molar-refractivity contribution >= 4 is 51.6 Å². The van der Waals surface area contributed by atoms with Crippen LogP contribution in [0.5, 0.6) is 5.75 Å². The van der Waals surface area contributed by atoms with Crippen molar-refractivity contribution in [2.45, 2.75) is 5.16 Å². The quantitative estimate of drug-likeness (QED) is 0.701. The predicted octanol–water partition coefficient (Wildman–Crippen LogP) is 1.48. The Morgan fingerprint density at radius 3 is 3.04 bits per heavy atom. The molecule has 1 aliphatic heterocycles. The molecule has 1 aliphatic rings. The van der Waals surface area contributed by atoms with Crippen LogP contribution in [0.4, 0.5) is 4.79 Å². The van der Waals surface area contributed by atoms with Gasteiger partial charge in [-0.05, 0) is 12.1 Å². The van der Waals surface area contributed by atoms with Gasteiger partial charge in [0.05, 0.1) is 29.6 Å². The number of thioether (sulfide) groups is 2. The molecule has 8 nitrogen and oxygen atoms in total. The summed E-state index contributed by atoms with van der Waals surface area (Å²) < 4.78 is 5.16. The molecule has 0 spiro atoms. The van der Waals surface area contributed by atoms with Crippen molar-refractivity contribution in [2.75, 3.05) is 31.7 Å². The lowest BCUT2D eigenvalue weighted by Gasteiger charge is -2.12. The molecule has 0 aliphatic carbocycles. The second-order valence-corrected chi connectivity index (χ2v) is 7.05. The van der Waals surface area contributed by atoms with E-state index in [1.165, 1.54) is 11.8 Å². The Kier molecular flexibility index (Phi) is 5.49. The number of nitrogens with one attached hydrogen (secondary N) is 2. The van der Waals surface area contributed by atoms with Gasteiger partial charge in [0.15, 0.2) is 5.16 Å². The highest BCUT2D eigenvalue weighted by Crippen LogP contribution is 2.23. The van der Waals surface area contributed by atoms with Gasteiger partial charge in [0.25, 0.3) is 5.24 Å². The number of aromatic nitrogens is 2. The maximum atomic E-state index is 11.9. The van der Waals surface area contributed by atoms with Gasteiger partial charge in [0.1, 0.15) is 5.75 Å². The normalized spacial score (nSPS) is 14.4. The number of amides is 3. The van der Waals surface area contributed by atoms with E-state index >= 15 is 0 Å². The number of ether oxygens (including phenoxy) is 1. The number of aromatic amines is 1. The highest BCUT2D eigenvalue weighted by atomic mass is 32.2. The van der Waals surface area contributed by atoms with Gasteiger partial charge in [0, 0.05) is 19.2 Å². The lowest BCUT2D eigenvalue weighted by molar-refractivity contribution is -0.125. The lowest BCUT2D eigenvalue weighted by atomic mass is 10.3. The molecule has 3 rings (SSSR count). The SMILES string of the molecule is COc1ccc2nc(SCC(=O)NCCN3C(=O)CSC3=O)[nH]c2c1. The van der Waals surface area contributed by atoms with E-state index in [0.717, 1.165) is 33.4 Å². The van der Waals surface area contributed by atoms with Crippen LogP contribution in [-0.4, -0.2) is 63.6 Å². The van der Waals surface area contributed by atoms with Gasteiger partial charge in [-0.25, -0.2) is 4.98 Å². The minimum Gasteiger partial charge on any atom is -0.497 e. The van der Waals surface area contributed by atoms with Crippen molar-refractivity contribution in [1.29, 1.82) is 0 Å². The summed E-state index contributed by atoms with van der Waals surface area (Å²) in [6.45, 7) is 0.445. The predicted molar refractivity (Wildman–Crippen MR) is 95.9 cm³/mol. The van der Waals surface area contributed by atoms with Crippen molar-refractivity contribution in [1.82, 2.24) is 20.2 Å². The molecule has 1 saturated heterocycles. The number of hydrogen-bond donors (Lipinski definition) is 2. The van der Waals surface area contributed by atoms with Gasteiger partial charge in [-0.15, -0.1) is 0 Å². The number of fused-ring (bicyclic) bond motifs is 1. The van der Waals surface area contributed by atoms with Gasteiger partial charge in [0.2, 0.25) is 11.8 Å². The second kappa shape index (κ2) is 7.79. The number of carbonyl (C=O) groups is 3. The van der Waals surface area contributed by atoms with Crippen LogP contribution in [0.2, 0.25) is 0 Å². The van der Waals surface area contributed by atoms with Crippen molar-refractivity contribution < 1.29 is 19.1 Å². The van der Waals surface area contributed by atoms with Gasteiger partial charge in [-0.1, -0.05) is 23.5 Å². The molecule has 10 heteroatoms. The molecule has 2 aromatic rings. The average molecular weight is 380 g/mol. The van der Waals surface area contributed by atoms with E-state index in [1.807, 2.05) is 18.2 Å². The number of imide groups is 1. The maximum Gasteiger partial charge on any atom is 0.288 e. The zero-order valence-corrected chi connectivity index (χ0v) is 15.0. The Morgan fingerprint density at radius 2 is 2.32 bits per heavy atom. The molecule has 132 valence electrons. The number of benzene rings is 1. The second-order valence-electron chi connectivity index (χ2n) is 5.16. The van der Waals surface area contributed by atoms with Gasteiger partial charge >= 0.3 is 0 Å². The number of carbonyl (C=O) groups excluding carboxylic acids is 3. The first-order valence-electron chi connectivity index (χ1n) is 7.47. The summed E-state index contributed by atoms with van der Waals surface area (Å²) in [5.74, 6) is 0.702. The summed E-state index contributed by atoms with van der Waals surface area (Å²) in [5.41, 5.74) is 1.64. The van der Waals surface area contributed by atoms with Crippen LogP contribution in [0.15, 0.2) is 23.4 Å². The largest absolute Gasteiger partial charge is 0.497 e. The van der Waals surface area contributed by atoms with E-state index in [9.17, 15) is 14.4 Å². The van der Waals surface area contributed by atoms with Crippen LogP contribution in [0.25, 0.3) is 11.0 Å². The van der Waals surface area contributed by atoms with Crippen molar-refractivity contribution in [3.05, 3.63) is 18.2 Å². The smallest absolute Gasteiger partial charge is 0.288 e. The molecule has 1 aromatic carbocycles. The molecule has 1 aromatic heterocycles. The molecule has 3 amide bonds. The first-order chi connectivity index (χ1) is 12.1. The number of methoxy groups -OCH3 is 1. The molecule has 0 bridgehead atoms. The standard InChI is InChI=1S/C15H16N4O4S2/c1-23-9-2-3-10-11(6-9)18-14(17-10)24-7-12(20)16-4-5-19-13(21)8-25-15(19)22/h2-3,6H,4-5,7-8H2,1H3,(H,16,20)(H,17,18). The van der Waals surface area contributed by atoms with E-state index in [0.29, 0.717) is 5.16 Å². The zero-order valence-electron chi connectivity index (χ0n) is 13.4.